The Kier molecular flexibility index (Phi) is 8.92. The van der Waals surface area contributed by atoms with Crippen molar-refractivity contribution < 1.29 is 0 Å². The Morgan fingerprint density at radius 2 is 1.88 bits per heavy atom. The first-order valence-electron chi connectivity index (χ1n) is 5.08. The van der Waals surface area contributed by atoms with Gasteiger partial charge in [0.25, 0.3) is 0 Å². The van der Waals surface area contributed by atoms with E-state index < -0.39 is 0 Å². The first-order valence-corrected chi connectivity index (χ1v) is 7.48. The predicted molar refractivity (Wildman–Crippen MR) is 87.1 cm³/mol. The van der Waals surface area contributed by atoms with Crippen LogP contribution >= 0.6 is 68.0 Å². The van der Waals surface area contributed by atoms with Gasteiger partial charge in [0.05, 0.1) is 3.79 Å². The Balaban J connectivity index is 0.00000128. The van der Waals surface area contributed by atoms with Crippen LogP contribution in [0.5, 0.6) is 0 Å². The van der Waals surface area contributed by atoms with Crippen LogP contribution in [0.2, 0.25) is 0 Å². The van der Waals surface area contributed by atoms with E-state index in [0.29, 0.717) is 6.04 Å². The second-order valence-electron chi connectivity index (χ2n) is 3.73. The van der Waals surface area contributed by atoms with Gasteiger partial charge in [0, 0.05) is 41.6 Å². The molecular weight excluding hydrogens is 411 g/mol. The number of piperazine rings is 1. The number of rotatable bonds is 2. The summed E-state index contributed by atoms with van der Waals surface area (Å²) in [5, 5.41) is 3.38. The monoisotopic (exact) mass is 424 g/mol. The standard InChI is InChI=1S/C10H14Br2N2S.2ClH/c1-7(14-4-2-13-3-5-14)9-6-8(11)10(12)15-9;;/h6-7,13H,2-5H2,1H3;2*1H/t7-;;/m1../s1. The molecule has 2 rings (SSSR count). The van der Waals surface area contributed by atoms with Gasteiger partial charge in [-0.25, -0.2) is 0 Å². The van der Waals surface area contributed by atoms with E-state index in [4.69, 9.17) is 0 Å². The molecule has 0 aromatic carbocycles. The molecule has 100 valence electrons. The van der Waals surface area contributed by atoms with Crippen LogP contribution in [0.15, 0.2) is 14.3 Å². The van der Waals surface area contributed by atoms with Gasteiger partial charge in [0.1, 0.15) is 0 Å². The first-order chi connectivity index (χ1) is 7.18. The lowest BCUT2D eigenvalue weighted by Crippen LogP contribution is -2.44. The van der Waals surface area contributed by atoms with E-state index in [1.54, 1.807) is 0 Å². The molecule has 2 heterocycles. The maximum absolute atomic E-state index is 3.55. The molecule has 0 unspecified atom stereocenters. The molecule has 1 aromatic heterocycles. The van der Waals surface area contributed by atoms with E-state index in [1.165, 1.54) is 13.1 Å². The molecule has 1 atom stereocenters. The van der Waals surface area contributed by atoms with Gasteiger partial charge in [0.2, 0.25) is 0 Å². The van der Waals surface area contributed by atoms with Crippen LogP contribution in [0.1, 0.15) is 17.8 Å². The minimum Gasteiger partial charge on any atom is -0.314 e. The van der Waals surface area contributed by atoms with Crippen molar-refractivity contribution >= 4 is 68.0 Å². The van der Waals surface area contributed by atoms with Crippen molar-refractivity contribution in [3.05, 3.63) is 19.2 Å². The molecule has 0 radical (unpaired) electrons. The highest BCUT2D eigenvalue weighted by Gasteiger charge is 2.20. The lowest BCUT2D eigenvalue weighted by Gasteiger charge is -2.32. The van der Waals surface area contributed by atoms with E-state index >= 15 is 0 Å². The van der Waals surface area contributed by atoms with Crippen molar-refractivity contribution in [1.82, 2.24) is 10.2 Å². The van der Waals surface area contributed by atoms with E-state index in [-0.39, 0.29) is 24.8 Å². The van der Waals surface area contributed by atoms with Gasteiger partial charge in [-0.15, -0.1) is 36.2 Å². The molecule has 0 bridgehead atoms. The van der Waals surface area contributed by atoms with Gasteiger partial charge < -0.3 is 5.32 Å². The third-order valence-corrected chi connectivity index (χ3v) is 6.20. The highest BCUT2D eigenvalue weighted by atomic mass is 79.9. The molecule has 0 saturated carbocycles. The molecule has 0 aliphatic carbocycles. The normalized spacial score (nSPS) is 18.1. The maximum Gasteiger partial charge on any atom is 0.0843 e. The van der Waals surface area contributed by atoms with Crippen LogP contribution in [0.3, 0.4) is 0 Å². The summed E-state index contributed by atoms with van der Waals surface area (Å²) in [4.78, 5) is 3.96. The van der Waals surface area contributed by atoms with Gasteiger partial charge in [0.15, 0.2) is 0 Å². The van der Waals surface area contributed by atoms with E-state index in [1.807, 2.05) is 11.3 Å². The zero-order valence-corrected chi connectivity index (χ0v) is 15.0. The summed E-state index contributed by atoms with van der Waals surface area (Å²) in [7, 11) is 0. The third-order valence-electron chi connectivity index (χ3n) is 2.78. The minimum atomic E-state index is 0. The molecule has 1 aliphatic rings. The highest BCUT2D eigenvalue weighted by Crippen LogP contribution is 2.37. The molecule has 0 amide bonds. The largest absolute Gasteiger partial charge is 0.314 e. The Bertz CT molecular complexity index is 324. The number of hydrogen-bond acceptors (Lipinski definition) is 3. The summed E-state index contributed by atoms with van der Waals surface area (Å²) in [5.41, 5.74) is 0. The number of nitrogens with zero attached hydrogens (tertiary/aromatic N) is 1. The fourth-order valence-corrected chi connectivity index (χ4v) is 3.99. The van der Waals surface area contributed by atoms with E-state index in [0.717, 1.165) is 26.2 Å². The lowest BCUT2D eigenvalue weighted by molar-refractivity contribution is 0.188. The van der Waals surface area contributed by atoms with E-state index in [2.05, 4.69) is 55.1 Å². The van der Waals surface area contributed by atoms with Crippen LogP contribution in [-0.2, 0) is 0 Å². The average molecular weight is 427 g/mol. The number of hydrogen-bond donors (Lipinski definition) is 1. The zero-order valence-electron chi connectivity index (χ0n) is 9.41. The van der Waals surface area contributed by atoms with Gasteiger partial charge >= 0.3 is 0 Å². The number of halogens is 4. The molecule has 1 N–H and O–H groups in total. The Morgan fingerprint density at radius 1 is 1.29 bits per heavy atom. The summed E-state index contributed by atoms with van der Waals surface area (Å²) in [6.45, 7) is 6.80. The molecule has 7 heteroatoms. The van der Waals surface area contributed by atoms with Crippen molar-refractivity contribution in [3.63, 3.8) is 0 Å². The fourth-order valence-electron chi connectivity index (χ4n) is 1.82. The van der Waals surface area contributed by atoms with Gasteiger partial charge in [-0.3, -0.25) is 4.90 Å². The van der Waals surface area contributed by atoms with Crippen molar-refractivity contribution in [2.75, 3.05) is 26.2 Å². The van der Waals surface area contributed by atoms with Crippen LogP contribution in [0, 0.1) is 0 Å². The minimum absolute atomic E-state index is 0. The Hall–Kier alpha value is 1.16. The van der Waals surface area contributed by atoms with Gasteiger partial charge in [-0.05, 0) is 44.8 Å². The zero-order chi connectivity index (χ0) is 10.8. The van der Waals surface area contributed by atoms with Crippen molar-refractivity contribution in [3.8, 4) is 0 Å². The molecule has 1 saturated heterocycles. The highest BCUT2D eigenvalue weighted by molar-refractivity contribution is 9.13. The van der Waals surface area contributed by atoms with Crippen molar-refractivity contribution in [2.24, 2.45) is 0 Å². The van der Waals surface area contributed by atoms with E-state index in [9.17, 15) is 0 Å². The Labute approximate surface area is 136 Å². The average Bonchev–Trinajstić information content (AvgIpc) is 2.59. The number of nitrogens with one attached hydrogen (secondary N) is 1. The molecule has 17 heavy (non-hydrogen) atoms. The smallest absolute Gasteiger partial charge is 0.0843 e. The SMILES string of the molecule is C[C@H](c1cc(Br)c(Br)s1)N1CCNCC1.Cl.Cl. The van der Waals surface area contributed by atoms with Gasteiger partial charge in [-0.1, -0.05) is 0 Å². The fraction of sp³-hybridized carbons (Fsp3) is 0.600. The Morgan fingerprint density at radius 3 is 2.35 bits per heavy atom. The summed E-state index contributed by atoms with van der Waals surface area (Å²) in [6.07, 6.45) is 0. The second kappa shape index (κ2) is 8.35. The summed E-state index contributed by atoms with van der Waals surface area (Å²) in [6, 6.07) is 2.75. The molecule has 2 nitrogen and oxygen atoms in total. The van der Waals surface area contributed by atoms with Crippen molar-refractivity contribution in [2.45, 2.75) is 13.0 Å². The van der Waals surface area contributed by atoms with Crippen molar-refractivity contribution in [1.29, 1.82) is 0 Å². The van der Waals surface area contributed by atoms with Crippen LogP contribution < -0.4 is 5.32 Å². The topological polar surface area (TPSA) is 15.3 Å². The third kappa shape index (κ3) is 4.64. The molecule has 1 fully saturated rings. The molecular formula is C10H16Br2Cl2N2S. The predicted octanol–water partition coefficient (Wildman–Crippen LogP) is 4.08. The second-order valence-corrected chi connectivity index (χ2v) is 6.99. The summed E-state index contributed by atoms with van der Waals surface area (Å²) < 4.78 is 2.36. The summed E-state index contributed by atoms with van der Waals surface area (Å²) in [5.74, 6) is 0. The van der Waals surface area contributed by atoms with Crippen LogP contribution in [0.25, 0.3) is 0 Å². The molecule has 1 aliphatic heterocycles. The lowest BCUT2D eigenvalue weighted by atomic mass is 10.2. The quantitative estimate of drug-likeness (QED) is 0.766. The number of thiophene rings is 1. The maximum atomic E-state index is 3.55. The molecule has 0 spiro atoms. The van der Waals surface area contributed by atoms with Crippen LogP contribution in [0.4, 0.5) is 0 Å². The van der Waals surface area contributed by atoms with Crippen LogP contribution in [-0.4, -0.2) is 31.1 Å². The molecule has 1 aromatic rings. The first kappa shape index (κ1) is 18.2. The summed E-state index contributed by atoms with van der Waals surface area (Å²) >= 11 is 8.91. The van der Waals surface area contributed by atoms with Gasteiger partial charge in [-0.2, -0.15) is 0 Å².